The molecule has 146 valence electrons. The molecule has 0 radical (unpaired) electrons. The van der Waals surface area contributed by atoms with Gasteiger partial charge in [-0.3, -0.25) is 9.48 Å². The molecule has 1 aromatic rings. The summed E-state index contributed by atoms with van der Waals surface area (Å²) in [5.41, 5.74) is 0.129. The normalized spacial score (nSPS) is 16.5. The number of piperidine rings is 1. The molecular formula is C16H25ClN4O5. The van der Waals surface area contributed by atoms with Crippen LogP contribution in [-0.2, 0) is 19.1 Å². The van der Waals surface area contributed by atoms with Gasteiger partial charge in [-0.15, -0.1) is 12.4 Å². The monoisotopic (exact) mass is 388 g/mol. The van der Waals surface area contributed by atoms with Gasteiger partial charge in [-0.1, -0.05) is 0 Å². The van der Waals surface area contributed by atoms with Crippen molar-refractivity contribution >= 4 is 30.3 Å². The van der Waals surface area contributed by atoms with Crippen molar-refractivity contribution in [2.75, 3.05) is 26.3 Å². The quantitative estimate of drug-likeness (QED) is 0.515. The summed E-state index contributed by atoms with van der Waals surface area (Å²) < 4.78 is 11.4. The molecule has 1 fully saturated rings. The van der Waals surface area contributed by atoms with Crippen molar-refractivity contribution in [3.05, 3.63) is 18.0 Å². The molecule has 1 atom stereocenters. The van der Waals surface area contributed by atoms with E-state index < -0.39 is 23.9 Å². The van der Waals surface area contributed by atoms with E-state index in [0.29, 0.717) is 0 Å². The van der Waals surface area contributed by atoms with Crippen LogP contribution in [0.1, 0.15) is 43.2 Å². The SMILES string of the molecule is CCOC(=O)C(NC(=O)c1ccn(C2CCCNC2)n1)C(=O)OCC.Cl. The molecule has 0 spiro atoms. The molecule has 26 heavy (non-hydrogen) atoms. The van der Waals surface area contributed by atoms with Crippen molar-refractivity contribution in [3.63, 3.8) is 0 Å². The highest BCUT2D eigenvalue weighted by Crippen LogP contribution is 2.15. The number of nitrogens with one attached hydrogen (secondary N) is 2. The maximum absolute atomic E-state index is 12.4. The number of carbonyl (C=O) groups excluding carboxylic acids is 3. The van der Waals surface area contributed by atoms with Crippen molar-refractivity contribution < 1.29 is 23.9 Å². The van der Waals surface area contributed by atoms with Gasteiger partial charge in [0.2, 0.25) is 6.04 Å². The largest absolute Gasteiger partial charge is 0.464 e. The van der Waals surface area contributed by atoms with Crippen LogP contribution in [0, 0.1) is 0 Å². The number of amides is 1. The molecule has 0 aromatic carbocycles. The third-order valence-electron chi connectivity index (χ3n) is 3.81. The molecule has 9 nitrogen and oxygen atoms in total. The molecule has 1 saturated heterocycles. The minimum absolute atomic E-state index is 0. The number of aromatic nitrogens is 2. The fourth-order valence-electron chi connectivity index (χ4n) is 2.59. The average Bonchev–Trinajstić information content (AvgIpc) is 3.11. The second-order valence-electron chi connectivity index (χ2n) is 5.59. The number of ether oxygens (including phenoxy) is 2. The summed E-state index contributed by atoms with van der Waals surface area (Å²) in [6.45, 7) is 5.17. The summed E-state index contributed by atoms with van der Waals surface area (Å²) in [6.07, 6.45) is 3.74. The van der Waals surface area contributed by atoms with Gasteiger partial charge in [-0.05, 0) is 39.3 Å². The Morgan fingerprint density at radius 3 is 2.50 bits per heavy atom. The molecule has 0 aliphatic carbocycles. The Bertz CT molecular complexity index is 598. The fourth-order valence-corrected chi connectivity index (χ4v) is 2.59. The molecule has 1 amide bonds. The summed E-state index contributed by atoms with van der Waals surface area (Å²) in [4.78, 5) is 36.2. The maximum Gasteiger partial charge on any atom is 0.340 e. The van der Waals surface area contributed by atoms with E-state index in [9.17, 15) is 14.4 Å². The molecule has 1 aromatic heterocycles. The highest BCUT2D eigenvalue weighted by atomic mass is 35.5. The molecule has 0 bridgehead atoms. The number of nitrogens with zero attached hydrogens (tertiary/aromatic N) is 2. The minimum atomic E-state index is -1.51. The Balaban J connectivity index is 0.00000338. The first-order valence-electron chi connectivity index (χ1n) is 8.46. The lowest BCUT2D eigenvalue weighted by atomic mass is 10.1. The third kappa shape index (κ3) is 5.70. The smallest absolute Gasteiger partial charge is 0.340 e. The van der Waals surface area contributed by atoms with Gasteiger partial charge in [0.15, 0.2) is 0 Å². The van der Waals surface area contributed by atoms with Crippen molar-refractivity contribution in [1.82, 2.24) is 20.4 Å². The van der Waals surface area contributed by atoms with E-state index in [1.165, 1.54) is 0 Å². The van der Waals surface area contributed by atoms with Gasteiger partial charge in [0.05, 0.1) is 19.3 Å². The van der Waals surface area contributed by atoms with Crippen LogP contribution in [-0.4, -0.2) is 60.0 Å². The van der Waals surface area contributed by atoms with E-state index in [1.54, 1.807) is 30.8 Å². The van der Waals surface area contributed by atoms with Gasteiger partial charge >= 0.3 is 11.9 Å². The summed E-state index contributed by atoms with van der Waals surface area (Å²) in [6, 6.07) is 0.229. The zero-order valence-corrected chi connectivity index (χ0v) is 15.7. The third-order valence-corrected chi connectivity index (χ3v) is 3.81. The zero-order valence-electron chi connectivity index (χ0n) is 14.9. The van der Waals surface area contributed by atoms with Crippen LogP contribution in [0.3, 0.4) is 0 Å². The van der Waals surface area contributed by atoms with E-state index in [2.05, 4.69) is 15.7 Å². The second kappa shape index (κ2) is 10.8. The lowest BCUT2D eigenvalue weighted by Crippen LogP contribution is -2.48. The molecule has 2 rings (SSSR count). The Labute approximate surface area is 158 Å². The summed E-state index contributed by atoms with van der Waals surface area (Å²) in [5.74, 6) is -2.34. The van der Waals surface area contributed by atoms with Gasteiger partial charge in [0.1, 0.15) is 5.69 Å². The fraction of sp³-hybridized carbons (Fsp3) is 0.625. The maximum atomic E-state index is 12.4. The van der Waals surface area contributed by atoms with Gasteiger partial charge in [-0.2, -0.15) is 5.10 Å². The van der Waals surface area contributed by atoms with Gasteiger partial charge in [0.25, 0.3) is 5.91 Å². The molecule has 1 unspecified atom stereocenters. The number of esters is 2. The zero-order chi connectivity index (χ0) is 18.2. The van der Waals surface area contributed by atoms with Gasteiger partial charge < -0.3 is 20.1 Å². The first kappa shape index (κ1) is 21.9. The number of hydrogen-bond acceptors (Lipinski definition) is 7. The van der Waals surface area contributed by atoms with E-state index in [0.717, 1.165) is 25.9 Å². The Kier molecular flexibility index (Phi) is 9.08. The van der Waals surface area contributed by atoms with E-state index in [-0.39, 0.29) is 37.4 Å². The molecule has 0 saturated carbocycles. The Morgan fingerprint density at radius 1 is 1.31 bits per heavy atom. The van der Waals surface area contributed by atoms with Crippen LogP contribution in [0.4, 0.5) is 0 Å². The van der Waals surface area contributed by atoms with E-state index in [4.69, 9.17) is 9.47 Å². The first-order valence-corrected chi connectivity index (χ1v) is 8.46. The van der Waals surface area contributed by atoms with Crippen LogP contribution in [0.2, 0.25) is 0 Å². The van der Waals surface area contributed by atoms with E-state index >= 15 is 0 Å². The van der Waals surface area contributed by atoms with Gasteiger partial charge in [-0.25, -0.2) is 9.59 Å². The number of halogens is 1. The molecular weight excluding hydrogens is 364 g/mol. The van der Waals surface area contributed by atoms with Crippen LogP contribution in [0.25, 0.3) is 0 Å². The second-order valence-corrected chi connectivity index (χ2v) is 5.59. The number of rotatable bonds is 7. The first-order chi connectivity index (χ1) is 12.1. The standard InChI is InChI=1S/C16H24N4O5.ClH/c1-3-24-15(22)13(16(23)25-4-2)18-14(21)12-7-9-20(19-12)11-6-5-8-17-10-11;/h7,9,11,13,17H,3-6,8,10H2,1-2H3,(H,18,21);1H. The molecule has 2 heterocycles. The van der Waals surface area contributed by atoms with E-state index in [1.807, 2.05) is 0 Å². The van der Waals surface area contributed by atoms with Crippen molar-refractivity contribution in [2.45, 2.75) is 38.8 Å². The van der Waals surface area contributed by atoms with Crippen molar-refractivity contribution in [2.24, 2.45) is 0 Å². The van der Waals surface area contributed by atoms with Crippen LogP contribution < -0.4 is 10.6 Å². The summed E-state index contributed by atoms with van der Waals surface area (Å²) >= 11 is 0. The van der Waals surface area contributed by atoms with Crippen LogP contribution in [0.5, 0.6) is 0 Å². The molecule has 2 N–H and O–H groups in total. The summed E-state index contributed by atoms with van der Waals surface area (Å²) in [5, 5.41) is 9.88. The lowest BCUT2D eigenvalue weighted by molar-refractivity contribution is -0.157. The Morgan fingerprint density at radius 2 is 1.96 bits per heavy atom. The lowest BCUT2D eigenvalue weighted by Gasteiger charge is -2.22. The molecule has 1 aliphatic rings. The summed E-state index contributed by atoms with van der Waals surface area (Å²) in [7, 11) is 0. The van der Waals surface area contributed by atoms with Gasteiger partial charge in [0, 0.05) is 12.7 Å². The average molecular weight is 389 g/mol. The van der Waals surface area contributed by atoms with Crippen molar-refractivity contribution in [1.29, 1.82) is 0 Å². The Hall–Kier alpha value is -2.13. The number of carbonyl (C=O) groups is 3. The van der Waals surface area contributed by atoms with Crippen LogP contribution >= 0.6 is 12.4 Å². The molecule has 10 heteroatoms. The minimum Gasteiger partial charge on any atom is -0.464 e. The van der Waals surface area contributed by atoms with Crippen molar-refractivity contribution in [3.8, 4) is 0 Å². The van der Waals surface area contributed by atoms with Crippen LogP contribution in [0.15, 0.2) is 12.3 Å². The predicted molar refractivity (Wildman–Crippen MR) is 95.1 cm³/mol. The highest BCUT2D eigenvalue weighted by molar-refractivity contribution is 6.05. The highest BCUT2D eigenvalue weighted by Gasteiger charge is 2.32. The topological polar surface area (TPSA) is 112 Å². The molecule has 1 aliphatic heterocycles. The predicted octanol–water partition coefficient (Wildman–Crippen LogP) is 0.454. The number of hydrogen-bond donors (Lipinski definition) is 2.